The van der Waals surface area contributed by atoms with E-state index in [0.29, 0.717) is 23.9 Å². The Labute approximate surface area is 160 Å². The Morgan fingerprint density at radius 3 is 2.74 bits per heavy atom. The third kappa shape index (κ3) is 3.10. The average Bonchev–Trinajstić information content (AvgIpc) is 2.90. The lowest BCUT2D eigenvalue weighted by molar-refractivity contribution is -0.139. The quantitative estimate of drug-likeness (QED) is 0.860. The largest absolute Gasteiger partial charge is 0.482 e. The molecule has 146 valence electrons. The van der Waals surface area contributed by atoms with E-state index in [1.165, 1.54) is 0 Å². The van der Waals surface area contributed by atoms with Gasteiger partial charge in [-0.25, -0.2) is 4.79 Å². The fourth-order valence-electron chi connectivity index (χ4n) is 5.82. The van der Waals surface area contributed by atoms with E-state index < -0.39 is 5.97 Å². The van der Waals surface area contributed by atoms with Crippen LogP contribution in [0.3, 0.4) is 0 Å². The van der Waals surface area contributed by atoms with Crippen molar-refractivity contribution in [2.45, 2.75) is 64.2 Å². The van der Waals surface area contributed by atoms with Crippen molar-refractivity contribution in [3.05, 3.63) is 29.8 Å². The standard InChI is InChI=1S/C21H28N2O4/c1-14(24)22-12-16-10-21(2)18(22)8-5-9-19(21)23(16)11-15-6-3-4-7-17(15)27-13-20(25)26/h3-4,6-7,16,18-19H,5,8-13H2,1-2H3,(H,25,26)/t16-,18+,19-,21+/m0/s1. The van der Waals surface area contributed by atoms with E-state index in [4.69, 9.17) is 9.84 Å². The number of nitrogens with zero attached hydrogens (tertiary/aromatic N) is 2. The normalized spacial score (nSPS) is 32.4. The van der Waals surface area contributed by atoms with Crippen molar-refractivity contribution in [3.63, 3.8) is 0 Å². The zero-order valence-corrected chi connectivity index (χ0v) is 16.1. The molecule has 4 atom stereocenters. The molecule has 3 aliphatic rings. The van der Waals surface area contributed by atoms with Gasteiger partial charge in [0.1, 0.15) is 5.75 Å². The molecule has 0 unspecified atom stereocenters. The van der Waals surface area contributed by atoms with Gasteiger partial charge in [-0.15, -0.1) is 0 Å². The molecule has 1 aliphatic carbocycles. The summed E-state index contributed by atoms with van der Waals surface area (Å²) in [7, 11) is 0. The first-order valence-electron chi connectivity index (χ1n) is 9.85. The Morgan fingerprint density at radius 2 is 2.00 bits per heavy atom. The lowest BCUT2D eigenvalue weighted by Crippen LogP contribution is -2.57. The molecular weight excluding hydrogens is 344 g/mol. The van der Waals surface area contributed by atoms with Crippen LogP contribution in [0.4, 0.5) is 0 Å². The number of hydrogen-bond donors (Lipinski definition) is 1. The SMILES string of the molecule is CC(=O)N1C[C@@H]2C[C@@]3(C)[C@H](CCC[C@@H]13)N2Cc1ccccc1OCC(=O)O. The number of aliphatic carboxylic acids is 1. The van der Waals surface area contributed by atoms with Gasteiger partial charge in [-0.2, -0.15) is 0 Å². The van der Waals surface area contributed by atoms with Crippen LogP contribution in [-0.2, 0) is 16.1 Å². The molecule has 0 aromatic heterocycles. The van der Waals surface area contributed by atoms with E-state index in [1.807, 2.05) is 24.3 Å². The summed E-state index contributed by atoms with van der Waals surface area (Å²) < 4.78 is 5.52. The summed E-state index contributed by atoms with van der Waals surface area (Å²) in [5.41, 5.74) is 1.16. The van der Waals surface area contributed by atoms with Gasteiger partial charge in [0.15, 0.2) is 6.61 Å². The van der Waals surface area contributed by atoms with Crippen LogP contribution in [0.5, 0.6) is 5.75 Å². The number of amides is 1. The number of carbonyl (C=O) groups is 2. The number of carboxylic acids is 1. The molecule has 6 nitrogen and oxygen atoms in total. The Kier molecular flexibility index (Phi) is 4.62. The predicted molar refractivity (Wildman–Crippen MR) is 100 cm³/mol. The molecule has 2 aliphatic heterocycles. The Hall–Kier alpha value is -2.08. The number of fused-ring (bicyclic) bond motifs is 1. The molecule has 1 aromatic carbocycles. The molecule has 0 radical (unpaired) electrons. The van der Waals surface area contributed by atoms with Crippen molar-refractivity contribution in [1.29, 1.82) is 0 Å². The summed E-state index contributed by atoms with van der Waals surface area (Å²) in [4.78, 5) is 27.8. The van der Waals surface area contributed by atoms with Crippen LogP contribution in [-0.4, -0.2) is 58.1 Å². The number of benzene rings is 1. The number of ether oxygens (including phenoxy) is 1. The maximum absolute atomic E-state index is 12.3. The van der Waals surface area contributed by atoms with Crippen LogP contribution in [0, 0.1) is 5.41 Å². The predicted octanol–water partition coefficient (Wildman–Crippen LogP) is 2.51. The first-order chi connectivity index (χ1) is 12.9. The number of rotatable bonds is 5. The first-order valence-corrected chi connectivity index (χ1v) is 9.85. The van der Waals surface area contributed by atoms with E-state index in [2.05, 4.69) is 16.7 Å². The van der Waals surface area contributed by atoms with Crippen LogP contribution in [0.25, 0.3) is 0 Å². The molecule has 3 fully saturated rings. The van der Waals surface area contributed by atoms with Gasteiger partial charge in [-0.05, 0) is 31.7 Å². The molecule has 2 bridgehead atoms. The van der Waals surface area contributed by atoms with Gasteiger partial charge in [0.25, 0.3) is 0 Å². The lowest BCUT2D eigenvalue weighted by Gasteiger charge is -2.50. The minimum absolute atomic E-state index is 0.143. The van der Waals surface area contributed by atoms with Crippen molar-refractivity contribution in [3.8, 4) is 5.75 Å². The second kappa shape index (κ2) is 6.82. The van der Waals surface area contributed by atoms with Crippen LogP contribution >= 0.6 is 0 Å². The van der Waals surface area contributed by atoms with Gasteiger partial charge in [0, 0.05) is 49.1 Å². The number of para-hydroxylation sites is 1. The lowest BCUT2D eigenvalue weighted by atomic mass is 9.66. The summed E-state index contributed by atoms with van der Waals surface area (Å²) in [5.74, 6) is -0.146. The third-order valence-corrected chi connectivity index (χ3v) is 6.89. The second-order valence-electron chi connectivity index (χ2n) is 8.46. The fraction of sp³-hybridized carbons (Fsp3) is 0.619. The molecular formula is C21H28N2O4. The van der Waals surface area contributed by atoms with Crippen molar-refractivity contribution < 1.29 is 19.4 Å². The van der Waals surface area contributed by atoms with E-state index in [1.54, 1.807) is 6.92 Å². The van der Waals surface area contributed by atoms with Gasteiger partial charge < -0.3 is 14.7 Å². The summed E-state index contributed by atoms with van der Waals surface area (Å²) >= 11 is 0. The number of piperidine rings is 1. The number of likely N-dealkylation sites (tertiary alicyclic amines) is 2. The number of carboxylic acid groups (broad SMARTS) is 1. The molecule has 1 aromatic rings. The van der Waals surface area contributed by atoms with E-state index in [9.17, 15) is 9.59 Å². The van der Waals surface area contributed by atoms with Gasteiger partial charge in [-0.3, -0.25) is 9.69 Å². The Balaban J connectivity index is 1.61. The van der Waals surface area contributed by atoms with Gasteiger partial charge in [0.2, 0.25) is 5.91 Å². The highest BCUT2D eigenvalue weighted by molar-refractivity contribution is 5.74. The van der Waals surface area contributed by atoms with Crippen molar-refractivity contribution >= 4 is 11.9 Å². The highest BCUT2D eigenvalue weighted by Gasteiger charge is 2.59. The summed E-state index contributed by atoms with van der Waals surface area (Å²) in [6.07, 6.45) is 4.54. The summed E-state index contributed by atoms with van der Waals surface area (Å²) in [6, 6.07) is 8.85. The fourth-order valence-corrected chi connectivity index (χ4v) is 5.82. The zero-order valence-electron chi connectivity index (χ0n) is 16.1. The van der Waals surface area contributed by atoms with Crippen LogP contribution in [0.15, 0.2) is 24.3 Å². The van der Waals surface area contributed by atoms with E-state index in [-0.39, 0.29) is 17.9 Å². The van der Waals surface area contributed by atoms with Crippen molar-refractivity contribution in [2.24, 2.45) is 5.41 Å². The van der Waals surface area contributed by atoms with Crippen LogP contribution < -0.4 is 4.74 Å². The Bertz CT molecular complexity index is 751. The van der Waals surface area contributed by atoms with Crippen molar-refractivity contribution in [2.75, 3.05) is 13.2 Å². The highest BCUT2D eigenvalue weighted by Crippen LogP contribution is 2.54. The molecule has 1 N–H and O–H groups in total. The van der Waals surface area contributed by atoms with Gasteiger partial charge in [0.05, 0.1) is 0 Å². The summed E-state index contributed by atoms with van der Waals surface area (Å²) in [6.45, 7) is 5.25. The maximum atomic E-state index is 12.3. The van der Waals surface area contributed by atoms with Gasteiger partial charge in [-0.1, -0.05) is 25.1 Å². The number of carbonyl (C=O) groups excluding carboxylic acids is 1. The Morgan fingerprint density at radius 1 is 1.26 bits per heavy atom. The average molecular weight is 372 g/mol. The minimum Gasteiger partial charge on any atom is -0.482 e. The van der Waals surface area contributed by atoms with Crippen LogP contribution in [0.2, 0.25) is 0 Å². The number of hydrogen-bond acceptors (Lipinski definition) is 4. The molecule has 2 saturated heterocycles. The topological polar surface area (TPSA) is 70.1 Å². The third-order valence-electron chi connectivity index (χ3n) is 6.89. The van der Waals surface area contributed by atoms with Crippen LogP contribution in [0.1, 0.15) is 45.1 Å². The van der Waals surface area contributed by atoms with E-state index in [0.717, 1.165) is 44.3 Å². The summed E-state index contributed by atoms with van der Waals surface area (Å²) in [5, 5.41) is 8.93. The molecule has 1 amide bonds. The molecule has 27 heavy (non-hydrogen) atoms. The van der Waals surface area contributed by atoms with Gasteiger partial charge >= 0.3 is 5.97 Å². The van der Waals surface area contributed by atoms with E-state index >= 15 is 0 Å². The first kappa shape index (κ1) is 18.3. The van der Waals surface area contributed by atoms with Crippen molar-refractivity contribution in [1.82, 2.24) is 9.80 Å². The molecule has 4 rings (SSSR count). The molecule has 6 heteroatoms. The second-order valence-corrected chi connectivity index (χ2v) is 8.46. The minimum atomic E-state index is -0.971. The monoisotopic (exact) mass is 372 g/mol. The maximum Gasteiger partial charge on any atom is 0.341 e. The smallest absolute Gasteiger partial charge is 0.341 e. The molecule has 0 spiro atoms. The molecule has 2 heterocycles. The highest BCUT2D eigenvalue weighted by atomic mass is 16.5. The molecule has 1 saturated carbocycles. The zero-order chi connectivity index (χ0) is 19.2.